The van der Waals surface area contributed by atoms with Gasteiger partial charge in [-0.2, -0.15) is 26.3 Å². The van der Waals surface area contributed by atoms with Crippen LogP contribution in [0, 0.1) is 0 Å². The van der Waals surface area contributed by atoms with E-state index < -0.39 is 41.0 Å². The van der Waals surface area contributed by atoms with Gasteiger partial charge in [-0.25, -0.2) is 0 Å². The van der Waals surface area contributed by atoms with Gasteiger partial charge in [0.2, 0.25) is 0 Å². The number of aromatic nitrogens is 2. The summed E-state index contributed by atoms with van der Waals surface area (Å²) in [5, 5.41) is 5.08. The Morgan fingerprint density at radius 1 is 1.02 bits per heavy atom. The van der Waals surface area contributed by atoms with Crippen molar-refractivity contribution in [3.05, 3.63) is 101 Å². The lowest BCUT2D eigenvalue weighted by atomic mass is 9.98. The topological polar surface area (TPSA) is 73.8 Å². The van der Waals surface area contributed by atoms with Crippen molar-refractivity contribution >= 4 is 22.5 Å². The van der Waals surface area contributed by atoms with Gasteiger partial charge in [-0.05, 0) is 49.2 Å². The molecule has 3 heterocycles. The molecule has 4 aromatic rings. The third-order valence-corrected chi connectivity index (χ3v) is 7.42. The Balaban J connectivity index is 1.39. The van der Waals surface area contributed by atoms with Crippen LogP contribution >= 0.6 is 0 Å². The second-order valence-electron chi connectivity index (χ2n) is 10.7. The zero-order valence-electron chi connectivity index (χ0n) is 23.6. The van der Waals surface area contributed by atoms with Crippen LogP contribution in [0.5, 0.6) is 0 Å². The van der Waals surface area contributed by atoms with E-state index in [0.717, 1.165) is 22.0 Å². The Labute approximate surface area is 249 Å². The molecule has 7 nitrogen and oxygen atoms in total. The van der Waals surface area contributed by atoms with E-state index in [1.54, 1.807) is 31.6 Å². The molecule has 1 atom stereocenters. The average Bonchev–Trinajstić information content (AvgIpc) is 3.39. The van der Waals surface area contributed by atoms with Crippen molar-refractivity contribution in [1.29, 1.82) is 0 Å². The van der Waals surface area contributed by atoms with Crippen molar-refractivity contribution in [2.24, 2.45) is 5.16 Å². The molecular weight excluding hydrogens is 588 g/mol. The smallest absolute Gasteiger partial charge is 0.391 e. The van der Waals surface area contributed by atoms with Gasteiger partial charge in [0.05, 0.1) is 16.8 Å². The summed E-state index contributed by atoms with van der Waals surface area (Å²) in [7, 11) is 0. The Morgan fingerprint density at radius 3 is 2.43 bits per heavy atom. The van der Waals surface area contributed by atoms with Gasteiger partial charge >= 0.3 is 12.4 Å². The predicted octanol–water partition coefficient (Wildman–Crippen LogP) is 6.56. The van der Waals surface area contributed by atoms with Crippen molar-refractivity contribution in [1.82, 2.24) is 19.8 Å². The number of fused-ring (bicyclic) bond motifs is 1. The maximum absolute atomic E-state index is 13.7. The molecule has 0 radical (unpaired) electrons. The molecule has 0 bridgehead atoms. The van der Waals surface area contributed by atoms with E-state index >= 15 is 0 Å². The Hall–Kier alpha value is -4.39. The Morgan fingerprint density at radius 2 is 1.75 bits per heavy atom. The van der Waals surface area contributed by atoms with E-state index in [2.05, 4.69) is 15.1 Å². The third kappa shape index (κ3) is 7.39. The van der Waals surface area contributed by atoms with Crippen molar-refractivity contribution in [2.75, 3.05) is 26.2 Å². The number of aromatic amines is 1. The van der Waals surface area contributed by atoms with Crippen LogP contribution in [0.1, 0.15) is 39.5 Å². The van der Waals surface area contributed by atoms with Crippen LogP contribution < -0.4 is 0 Å². The number of alkyl halides is 6. The normalized spacial score (nSPS) is 16.8. The number of carbonyl (C=O) groups is 1. The highest BCUT2D eigenvalue weighted by Gasteiger charge is 2.39. The third-order valence-electron chi connectivity index (χ3n) is 7.42. The van der Waals surface area contributed by atoms with Crippen molar-refractivity contribution < 1.29 is 36.0 Å². The summed E-state index contributed by atoms with van der Waals surface area (Å²) in [5.74, 6) is -0.892. The number of rotatable bonds is 8. The van der Waals surface area contributed by atoms with E-state index in [1.807, 2.05) is 35.2 Å². The lowest BCUT2D eigenvalue weighted by molar-refractivity contribution is -0.143. The number of para-hydroxylation sites is 1. The number of pyridine rings is 1. The van der Waals surface area contributed by atoms with Gasteiger partial charge in [0, 0.05) is 72.8 Å². The maximum atomic E-state index is 13.7. The highest BCUT2D eigenvalue weighted by molar-refractivity contribution is 5.95. The summed E-state index contributed by atoms with van der Waals surface area (Å²) in [6, 6.07) is 11.6. The van der Waals surface area contributed by atoms with Crippen LogP contribution in [0.15, 0.2) is 78.3 Å². The molecular formula is C31H29F6N5O2. The van der Waals surface area contributed by atoms with Gasteiger partial charge in [0.1, 0.15) is 6.61 Å². The lowest BCUT2D eigenvalue weighted by Gasteiger charge is -2.41. The van der Waals surface area contributed by atoms with E-state index in [-0.39, 0.29) is 19.2 Å². The largest absolute Gasteiger partial charge is 0.416 e. The average molecular weight is 618 g/mol. The van der Waals surface area contributed by atoms with E-state index in [0.29, 0.717) is 43.9 Å². The lowest BCUT2D eigenvalue weighted by Crippen LogP contribution is -2.56. The minimum Gasteiger partial charge on any atom is -0.391 e. The number of H-pyrrole nitrogens is 1. The van der Waals surface area contributed by atoms with E-state index in [9.17, 15) is 31.1 Å². The molecule has 5 rings (SSSR count). The highest BCUT2D eigenvalue weighted by Crippen LogP contribution is 2.37. The summed E-state index contributed by atoms with van der Waals surface area (Å²) < 4.78 is 81.3. The molecule has 2 aromatic heterocycles. The first-order chi connectivity index (χ1) is 20.9. The zero-order chi connectivity index (χ0) is 31.5. The van der Waals surface area contributed by atoms with Crippen LogP contribution in [0.3, 0.4) is 0 Å². The van der Waals surface area contributed by atoms with Gasteiger partial charge < -0.3 is 14.7 Å². The van der Waals surface area contributed by atoms with Gasteiger partial charge in [-0.3, -0.25) is 14.7 Å². The number of carbonyl (C=O) groups excluding carboxylic acids is 1. The summed E-state index contributed by atoms with van der Waals surface area (Å²) in [5.41, 5.74) is -0.470. The van der Waals surface area contributed by atoms with E-state index in [4.69, 9.17) is 4.84 Å². The summed E-state index contributed by atoms with van der Waals surface area (Å²) in [6.07, 6.45) is -4.68. The van der Waals surface area contributed by atoms with Crippen LogP contribution in [0.2, 0.25) is 0 Å². The minimum absolute atomic E-state index is 0.0244. The molecule has 1 N–H and O–H groups in total. The van der Waals surface area contributed by atoms with Gasteiger partial charge in [-0.15, -0.1) is 0 Å². The van der Waals surface area contributed by atoms with Crippen molar-refractivity contribution in [3.8, 4) is 0 Å². The molecule has 1 fully saturated rings. The molecule has 44 heavy (non-hydrogen) atoms. The molecule has 232 valence electrons. The number of benzene rings is 2. The fourth-order valence-corrected chi connectivity index (χ4v) is 5.36. The summed E-state index contributed by atoms with van der Waals surface area (Å²) >= 11 is 0. The highest BCUT2D eigenvalue weighted by atomic mass is 19.4. The number of nitrogens with one attached hydrogen (secondary N) is 1. The number of halogens is 6. The molecule has 0 saturated carbocycles. The van der Waals surface area contributed by atoms with E-state index in [1.165, 1.54) is 4.90 Å². The molecule has 2 aromatic carbocycles. The number of nitrogens with zero attached hydrogens (tertiary/aromatic N) is 4. The number of piperazine rings is 1. The number of hydrogen-bond acceptors (Lipinski definition) is 5. The zero-order valence-corrected chi connectivity index (χ0v) is 23.6. The van der Waals surface area contributed by atoms with Crippen LogP contribution in [-0.2, 0) is 30.2 Å². The fourth-order valence-electron chi connectivity index (χ4n) is 5.36. The molecule has 13 heteroatoms. The second-order valence-corrected chi connectivity index (χ2v) is 10.7. The number of hydrogen-bond donors (Lipinski definition) is 1. The molecule has 0 spiro atoms. The first kappa shape index (κ1) is 31.0. The van der Waals surface area contributed by atoms with Gasteiger partial charge in [0.15, 0.2) is 0 Å². The Kier molecular flexibility index (Phi) is 8.95. The standard InChI is InChI=1S/C31H29F6N5O2/c1-20(40-44-19-21-5-4-8-38-15-21)17-41-9-10-42(26(18-41)13-23-16-39-28-7-3-2-6-27(23)28)29(43)22-11-24(30(32,33)34)14-25(12-22)31(35,36)37/h2-8,11-12,14-16,26,39H,9-10,13,17-19H2,1H3. The fraction of sp³-hybridized carbons (Fsp3) is 0.323. The summed E-state index contributed by atoms with van der Waals surface area (Å²) in [6.45, 7) is 3.14. The first-order valence-corrected chi connectivity index (χ1v) is 13.8. The molecule has 0 aliphatic carbocycles. The second kappa shape index (κ2) is 12.7. The van der Waals surface area contributed by atoms with Crippen molar-refractivity contribution in [2.45, 2.75) is 38.3 Å². The summed E-state index contributed by atoms with van der Waals surface area (Å²) in [4.78, 5) is 29.7. The van der Waals surface area contributed by atoms with Crippen LogP contribution in [0.25, 0.3) is 10.9 Å². The molecule has 1 aliphatic heterocycles. The Bertz CT molecular complexity index is 1600. The number of amides is 1. The molecule has 1 saturated heterocycles. The van der Waals surface area contributed by atoms with Gasteiger partial charge in [-0.1, -0.05) is 29.4 Å². The quantitative estimate of drug-likeness (QED) is 0.138. The molecule has 1 amide bonds. The van der Waals surface area contributed by atoms with Gasteiger partial charge in [0.25, 0.3) is 5.91 Å². The van der Waals surface area contributed by atoms with Crippen molar-refractivity contribution in [3.63, 3.8) is 0 Å². The molecule has 1 unspecified atom stereocenters. The maximum Gasteiger partial charge on any atom is 0.416 e. The van der Waals surface area contributed by atoms with Crippen LogP contribution in [-0.4, -0.2) is 63.6 Å². The SMILES string of the molecule is CC(CN1CCN(C(=O)c2cc(C(F)(F)F)cc(C(F)(F)F)c2)C(Cc2c[nH]c3ccccc23)C1)=NOCc1cccnc1. The number of oxime groups is 1. The molecule has 1 aliphatic rings. The first-order valence-electron chi connectivity index (χ1n) is 13.8. The predicted molar refractivity (Wildman–Crippen MR) is 152 cm³/mol. The van der Waals surface area contributed by atoms with Crippen LogP contribution in [0.4, 0.5) is 26.3 Å². The monoisotopic (exact) mass is 617 g/mol. The minimum atomic E-state index is -5.06.